The van der Waals surface area contributed by atoms with Gasteiger partial charge in [0.05, 0.1) is 17.5 Å². The van der Waals surface area contributed by atoms with Gasteiger partial charge < -0.3 is 4.90 Å². The average molecular weight is 322 g/mol. The topological polar surface area (TPSA) is 74.8 Å². The molecule has 2 atom stereocenters. The van der Waals surface area contributed by atoms with Gasteiger partial charge in [0.15, 0.2) is 9.84 Å². The number of hydrogen-bond acceptors (Lipinski definition) is 5. The highest BCUT2D eigenvalue weighted by molar-refractivity contribution is 7.91. The van der Waals surface area contributed by atoms with Gasteiger partial charge in [0, 0.05) is 24.7 Å². The van der Waals surface area contributed by atoms with Gasteiger partial charge >= 0.3 is 0 Å². The first-order chi connectivity index (χ1) is 10.4. The molecule has 0 radical (unpaired) electrons. The van der Waals surface area contributed by atoms with Crippen molar-refractivity contribution in [2.45, 2.75) is 12.1 Å². The summed E-state index contributed by atoms with van der Waals surface area (Å²) in [5.41, 5.74) is 0.337. The Labute approximate surface area is 129 Å². The molecule has 0 spiro atoms. The molecule has 0 N–H and O–H groups in total. The van der Waals surface area contributed by atoms with E-state index in [0.717, 1.165) is 0 Å². The molecular formula is C15H18N2O4S. The Balaban J connectivity index is 1.85. The van der Waals surface area contributed by atoms with Crippen molar-refractivity contribution in [3.8, 4) is 0 Å². The fraction of sp³-hybridized carbons (Fsp3) is 0.467. The van der Waals surface area contributed by atoms with Crippen molar-refractivity contribution in [1.29, 1.82) is 0 Å². The third-order valence-electron chi connectivity index (χ3n) is 4.44. The minimum absolute atomic E-state index is 0.0530. The van der Waals surface area contributed by atoms with Gasteiger partial charge in [-0.2, -0.15) is 0 Å². The smallest absolute Gasteiger partial charge is 0.295 e. The molecule has 22 heavy (non-hydrogen) atoms. The maximum Gasteiger partial charge on any atom is 0.295 e. The normalized spacial score (nSPS) is 27.4. The van der Waals surface area contributed by atoms with Crippen LogP contribution in [0.15, 0.2) is 30.3 Å². The lowest BCUT2D eigenvalue weighted by atomic mass is 10.0. The molecule has 2 heterocycles. The van der Waals surface area contributed by atoms with E-state index in [0.29, 0.717) is 18.7 Å². The average Bonchev–Trinajstić information content (AvgIpc) is 2.83. The molecule has 0 aromatic heterocycles. The molecule has 2 fully saturated rings. The van der Waals surface area contributed by atoms with Crippen molar-refractivity contribution in [2.75, 3.05) is 31.6 Å². The number of fused-ring (bicyclic) bond motifs is 1. The van der Waals surface area contributed by atoms with Crippen LogP contribution in [0.1, 0.15) is 10.4 Å². The van der Waals surface area contributed by atoms with E-state index >= 15 is 0 Å². The van der Waals surface area contributed by atoms with Gasteiger partial charge in [-0.05, 0) is 7.05 Å². The Hall–Kier alpha value is -1.73. The summed E-state index contributed by atoms with van der Waals surface area (Å²) in [4.78, 5) is 28.3. The Kier molecular flexibility index (Phi) is 3.78. The van der Waals surface area contributed by atoms with Crippen molar-refractivity contribution in [2.24, 2.45) is 0 Å². The number of carbonyl (C=O) groups excluding carboxylic acids is 2. The number of ketones is 1. The highest BCUT2D eigenvalue weighted by Gasteiger charge is 2.47. The Morgan fingerprint density at radius 2 is 1.68 bits per heavy atom. The van der Waals surface area contributed by atoms with Crippen molar-refractivity contribution < 1.29 is 18.0 Å². The summed E-state index contributed by atoms with van der Waals surface area (Å²) in [6.45, 7) is 0.953. The third kappa shape index (κ3) is 2.66. The minimum Gasteiger partial charge on any atom is -0.329 e. The van der Waals surface area contributed by atoms with E-state index in [1.807, 2.05) is 11.9 Å². The molecule has 0 aliphatic carbocycles. The first kappa shape index (κ1) is 15.2. The van der Waals surface area contributed by atoms with E-state index in [-0.39, 0.29) is 17.5 Å². The van der Waals surface area contributed by atoms with E-state index in [4.69, 9.17) is 0 Å². The van der Waals surface area contributed by atoms with Gasteiger partial charge in [0.1, 0.15) is 0 Å². The molecule has 0 saturated carbocycles. The van der Waals surface area contributed by atoms with Gasteiger partial charge in [-0.3, -0.25) is 14.5 Å². The predicted octanol–water partition coefficient (Wildman–Crippen LogP) is -0.191. The van der Waals surface area contributed by atoms with Crippen molar-refractivity contribution >= 4 is 21.5 Å². The molecule has 118 valence electrons. The zero-order chi connectivity index (χ0) is 15.9. The minimum atomic E-state index is -3.17. The molecule has 1 aromatic carbocycles. The van der Waals surface area contributed by atoms with Gasteiger partial charge in [-0.1, -0.05) is 30.3 Å². The van der Waals surface area contributed by atoms with E-state index < -0.39 is 27.6 Å². The molecular weight excluding hydrogens is 304 g/mol. The molecule has 0 unspecified atom stereocenters. The number of sulfone groups is 1. The maximum absolute atomic E-state index is 12.5. The summed E-state index contributed by atoms with van der Waals surface area (Å²) >= 11 is 0. The molecule has 2 aliphatic rings. The van der Waals surface area contributed by atoms with Crippen molar-refractivity contribution in [1.82, 2.24) is 9.80 Å². The molecule has 1 aromatic rings. The van der Waals surface area contributed by atoms with Crippen LogP contribution in [-0.2, 0) is 14.6 Å². The first-order valence-corrected chi connectivity index (χ1v) is 9.02. The highest BCUT2D eigenvalue weighted by atomic mass is 32.2. The fourth-order valence-electron chi connectivity index (χ4n) is 3.22. The third-order valence-corrected chi connectivity index (χ3v) is 6.14. The van der Waals surface area contributed by atoms with Gasteiger partial charge in [-0.25, -0.2) is 8.42 Å². The second-order valence-corrected chi connectivity index (χ2v) is 8.04. The molecule has 6 nitrogen and oxygen atoms in total. The predicted molar refractivity (Wildman–Crippen MR) is 81.3 cm³/mol. The number of likely N-dealkylation sites (N-methyl/N-ethyl adjacent to an activating group) is 1. The molecule has 1 amide bonds. The van der Waals surface area contributed by atoms with Gasteiger partial charge in [-0.15, -0.1) is 0 Å². The van der Waals surface area contributed by atoms with Crippen LogP contribution in [0.5, 0.6) is 0 Å². The summed E-state index contributed by atoms with van der Waals surface area (Å²) in [6, 6.07) is 7.73. The Bertz CT molecular complexity index is 702. The van der Waals surface area contributed by atoms with Crippen LogP contribution in [-0.4, -0.2) is 73.6 Å². The van der Waals surface area contributed by atoms with E-state index in [1.54, 1.807) is 30.3 Å². The van der Waals surface area contributed by atoms with Crippen LogP contribution in [0.2, 0.25) is 0 Å². The number of hydrogen-bond donors (Lipinski definition) is 0. The van der Waals surface area contributed by atoms with Crippen LogP contribution in [0.4, 0.5) is 0 Å². The summed E-state index contributed by atoms with van der Waals surface area (Å²) in [6.07, 6.45) is 0. The number of nitrogens with zero attached hydrogens (tertiary/aromatic N) is 2. The second kappa shape index (κ2) is 5.48. The molecule has 2 saturated heterocycles. The number of Topliss-reactive ketones (excluding diaryl/α,β-unsaturated/α-hetero) is 1. The summed E-state index contributed by atoms with van der Waals surface area (Å²) in [7, 11) is -1.30. The number of benzene rings is 1. The van der Waals surface area contributed by atoms with Crippen LogP contribution >= 0.6 is 0 Å². The monoisotopic (exact) mass is 322 g/mol. The maximum atomic E-state index is 12.5. The largest absolute Gasteiger partial charge is 0.329 e. The number of piperazine rings is 1. The van der Waals surface area contributed by atoms with Gasteiger partial charge in [0.2, 0.25) is 5.78 Å². The van der Waals surface area contributed by atoms with E-state index in [1.165, 1.54) is 4.90 Å². The van der Waals surface area contributed by atoms with E-state index in [2.05, 4.69) is 0 Å². The van der Waals surface area contributed by atoms with Crippen molar-refractivity contribution in [3.05, 3.63) is 35.9 Å². The zero-order valence-corrected chi connectivity index (χ0v) is 13.1. The van der Waals surface area contributed by atoms with Crippen LogP contribution in [0.3, 0.4) is 0 Å². The van der Waals surface area contributed by atoms with Crippen LogP contribution in [0.25, 0.3) is 0 Å². The molecule has 3 rings (SSSR count). The van der Waals surface area contributed by atoms with Crippen LogP contribution < -0.4 is 0 Å². The molecule has 0 bridgehead atoms. The van der Waals surface area contributed by atoms with Crippen LogP contribution in [0, 0.1) is 0 Å². The van der Waals surface area contributed by atoms with E-state index in [9.17, 15) is 18.0 Å². The lowest BCUT2D eigenvalue weighted by Crippen LogP contribution is -2.60. The summed E-state index contributed by atoms with van der Waals surface area (Å²) in [5, 5.41) is 0. The van der Waals surface area contributed by atoms with Gasteiger partial charge in [0.25, 0.3) is 5.91 Å². The number of carbonyl (C=O) groups is 2. The molecule has 2 aliphatic heterocycles. The lowest BCUT2D eigenvalue weighted by molar-refractivity contribution is -0.131. The summed E-state index contributed by atoms with van der Waals surface area (Å²) in [5.74, 6) is -1.19. The summed E-state index contributed by atoms with van der Waals surface area (Å²) < 4.78 is 23.8. The highest BCUT2D eigenvalue weighted by Crippen LogP contribution is 2.26. The standard InChI is InChI=1S/C15H18N2O4S/c1-16-7-8-17(13-10-22(20,21)9-12(13)16)15(19)14(18)11-5-3-2-4-6-11/h2-6,12-13H,7-10H2,1H3/t12-,13+/m1/s1. The first-order valence-electron chi connectivity index (χ1n) is 7.20. The van der Waals surface area contributed by atoms with Crippen molar-refractivity contribution in [3.63, 3.8) is 0 Å². The quantitative estimate of drug-likeness (QED) is 0.557. The number of rotatable bonds is 2. The second-order valence-electron chi connectivity index (χ2n) is 5.89. The zero-order valence-electron chi connectivity index (χ0n) is 12.3. The lowest BCUT2D eigenvalue weighted by Gasteiger charge is -2.41. The Morgan fingerprint density at radius 1 is 1.05 bits per heavy atom. The Morgan fingerprint density at radius 3 is 2.36 bits per heavy atom. The molecule has 7 heteroatoms. The SMILES string of the molecule is CN1CCN(C(=O)C(=O)c2ccccc2)[C@H]2CS(=O)(=O)C[C@H]21. The number of amides is 1. The fourth-order valence-corrected chi connectivity index (χ4v) is 5.28.